The highest BCUT2D eigenvalue weighted by atomic mass is 15.4. The number of nitrogens with zero attached hydrogens (tertiary/aromatic N) is 4. The Morgan fingerprint density at radius 1 is 1.41 bits per heavy atom. The van der Waals surface area contributed by atoms with E-state index in [2.05, 4.69) is 16.1 Å². The fourth-order valence-electron chi connectivity index (χ4n) is 2.48. The van der Waals surface area contributed by atoms with E-state index < -0.39 is 0 Å². The number of nitriles is 1. The Balaban J connectivity index is 1.96. The molecule has 0 bridgehead atoms. The third-order valence-electron chi connectivity index (χ3n) is 3.72. The molecule has 0 atom stereocenters. The van der Waals surface area contributed by atoms with Crippen molar-refractivity contribution in [2.45, 2.75) is 38.6 Å². The first-order valence-electron chi connectivity index (χ1n) is 6.41. The van der Waals surface area contributed by atoms with Gasteiger partial charge < -0.3 is 4.90 Å². The van der Waals surface area contributed by atoms with Crippen molar-refractivity contribution < 1.29 is 0 Å². The molecule has 1 aromatic heterocycles. The van der Waals surface area contributed by atoms with Crippen molar-refractivity contribution in [2.75, 3.05) is 11.4 Å². The molecule has 2 fully saturated rings. The standard InChI is InChI=1S/C13H18N4/c1-9-12(7-14)13(16(2)15-9)17(11-5-6-11)8-10-3-4-10/h10-11H,3-6,8H2,1-2H3. The van der Waals surface area contributed by atoms with Crippen molar-refractivity contribution in [3.05, 3.63) is 11.3 Å². The molecule has 4 nitrogen and oxygen atoms in total. The number of anilines is 1. The minimum atomic E-state index is 0.650. The molecule has 90 valence electrons. The van der Waals surface area contributed by atoms with E-state index in [1.165, 1.54) is 25.7 Å². The lowest BCUT2D eigenvalue weighted by atomic mass is 10.2. The topological polar surface area (TPSA) is 44.9 Å². The normalized spacial score (nSPS) is 19.1. The number of hydrogen-bond donors (Lipinski definition) is 0. The Morgan fingerprint density at radius 3 is 2.65 bits per heavy atom. The first-order valence-corrected chi connectivity index (χ1v) is 6.41. The van der Waals surface area contributed by atoms with Gasteiger partial charge in [-0.05, 0) is 38.5 Å². The maximum Gasteiger partial charge on any atom is 0.145 e. The second-order valence-corrected chi connectivity index (χ2v) is 5.35. The van der Waals surface area contributed by atoms with Crippen molar-refractivity contribution in [1.82, 2.24) is 9.78 Å². The summed E-state index contributed by atoms with van der Waals surface area (Å²) in [5.41, 5.74) is 1.62. The highest BCUT2D eigenvalue weighted by Gasteiger charge is 2.36. The highest BCUT2D eigenvalue weighted by Crippen LogP contribution is 2.39. The van der Waals surface area contributed by atoms with Gasteiger partial charge in [0.05, 0.1) is 5.69 Å². The van der Waals surface area contributed by atoms with Crippen LogP contribution in [0.1, 0.15) is 36.9 Å². The van der Waals surface area contributed by atoms with Gasteiger partial charge in [-0.15, -0.1) is 0 Å². The largest absolute Gasteiger partial charge is 0.352 e. The molecule has 3 rings (SSSR count). The van der Waals surface area contributed by atoms with E-state index >= 15 is 0 Å². The van der Waals surface area contributed by atoms with E-state index in [9.17, 15) is 5.26 Å². The molecule has 0 radical (unpaired) electrons. The van der Waals surface area contributed by atoms with Gasteiger partial charge >= 0.3 is 0 Å². The second kappa shape index (κ2) is 3.76. The molecule has 2 saturated carbocycles. The van der Waals surface area contributed by atoms with Crippen molar-refractivity contribution in [3.8, 4) is 6.07 Å². The molecule has 2 aliphatic rings. The molecule has 4 heteroatoms. The highest BCUT2D eigenvalue weighted by molar-refractivity contribution is 5.58. The van der Waals surface area contributed by atoms with Crippen LogP contribution in [0.15, 0.2) is 0 Å². The summed E-state index contributed by atoms with van der Waals surface area (Å²) in [5.74, 6) is 1.89. The minimum absolute atomic E-state index is 0.650. The Kier molecular flexibility index (Phi) is 2.36. The van der Waals surface area contributed by atoms with Crippen LogP contribution in [0.2, 0.25) is 0 Å². The van der Waals surface area contributed by atoms with Gasteiger partial charge in [0.2, 0.25) is 0 Å². The molecule has 0 amide bonds. The van der Waals surface area contributed by atoms with Crippen LogP contribution in [0, 0.1) is 24.2 Å². The molecule has 0 N–H and O–H groups in total. The lowest BCUT2D eigenvalue weighted by molar-refractivity contribution is 0.662. The van der Waals surface area contributed by atoms with E-state index in [0.717, 1.165) is 29.5 Å². The van der Waals surface area contributed by atoms with E-state index in [1.807, 2.05) is 18.7 Å². The Bertz CT molecular complexity index is 474. The lowest BCUT2D eigenvalue weighted by Gasteiger charge is -2.24. The van der Waals surface area contributed by atoms with Gasteiger partial charge in [-0.2, -0.15) is 10.4 Å². The average Bonchev–Trinajstić information content (AvgIpc) is 3.13. The predicted octanol–water partition coefficient (Wildman–Crippen LogP) is 1.98. The lowest BCUT2D eigenvalue weighted by Crippen LogP contribution is -2.30. The van der Waals surface area contributed by atoms with Crippen LogP contribution in [0.5, 0.6) is 0 Å². The molecular weight excluding hydrogens is 212 g/mol. The van der Waals surface area contributed by atoms with Crippen LogP contribution in [-0.2, 0) is 7.05 Å². The van der Waals surface area contributed by atoms with Crippen LogP contribution in [0.4, 0.5) is 5.82 Å². The first-order chi connectivity index (χ1) is 8.20. The Labute approximate surface area is 102 Å². The van der Waals surface area contributed by atoms with E-state index in [1.54, 1.807) is 0 Å². The zero-order valence-electron chi connectivity index (χ0n) is 10.5. The Morgan fingerprint density at radius 2 is 2.12 bits per heavy atom. The van der Waals surface area contributed by atoms with Gasteiger partial charge in [-0.1, -0.05) is 0 Å². The van der Waals surface area contributed by atoms with Gasteiger partial charge in [-0.3, -0.25) is 4.68 Å². The maximum absolute atomic E-state index is 9.28. The van der Waals surface area contributed by atoms with E-state index in [-0.39, 0.29) is 0 Å². The summed E-state index contributed by atoms with van der Waals surface area (Å²) in [5, 5.41) is 13.7. The molecule has 17 heavy (non-hydrogen) atoms. The summed E-state index contributed by atoms with van der Waals surface area (Å²) in [6.45, 7) is 3.03. The minimum Gasteiger partial charge on any atom is -0.352 e. The van der Waals surface area contributed by atoms with Crippen molar-refractivity contribution in [1.29, 1.82) is 5.26 Å². The van der Waals surface area contributed by atoms with Crippen molar-refractivity contribution in [2.24, 2.45) is 13.0 Å². The van der Waals surface area contributed by atoms with Crippen LogP contribution in [-0.4, -0.2) is 22.4 Å². The monoisotopic (exact) mass is 230 g/mol. The zero-order chi connectivity index (χ0) is 12.0. The smallest absolute Gasteiger partial charge is 0.145 e. The fourth-order valence-corrected chi connectivity index (χ4v) is 2.48. The quantitative estimate of drug-likeness (QED) is 0.794. The molecule has 0 saturated heterocycles. The average molecular weight is 230 g/mol. The molecule has 0 unspecified atom stereocenters. The third kappa shape index (κ3) is 1.90. The van der Waals surface area contributed by atoms with E-state index in [0.29, 0.717) is 6.04 Å². The summed E-state index contributed by atoms with van der Waals surface area (Å²) in [7, 11) is 1.95. The Hall–Kier alpha value is -1.50. The summed E-state index contributed by atoms with van der Waals surface area (Å²) in [6.07, 6.45) is 5.23. The summed E-state index contributed by atoms with van der Waals surface area (Å²) in [4.78, 5) is 2.43. The number of hydrogen-bond acceptors (Lipinski definition) is 3. The van der Waals surface area contributed by atoms with Gasteiger partial charge in [0.15, 0.2) is 0 Å². The van der Waals surface area contributed by atoms with Crippen molar-refractivity contribution >= 4 is 5.82 Å². The van der Waals surface area contributed by atoms with Gasteiger partial charge in [-0.25, -0.2) is 0 Å². The number of rotatable bonds is 4. The van der Waals surface area contributed by atoms with Crippen LogP contribution >= 0.6 is 0 Å². The second-order valence-electron chi connectivity index (χ2n) is 5.35. The summed E-state index contributed by atoms with van der Waals surface area (Å²) in [6, 6.07) is 2.97. The van der Waals surface area contributed by atoms with Crippen LogP contribution < -0.4 is 4.90 Å². The van der Waals surface area contributed by atoms with E-state index in [4.69, 9.17) is 0 Å². The molecule has 0 spiro atoms. The van der Waals surface area contributed by atoms with Gasteiger partial charge in [0.25, 0.3) is 0 Å². The van der Waals surface area contributed by atoms with Gasteiger partial charge in [0.1, 0.15) is 17.5 Å². The maximum atomic E-state index is 9.28. The predicted molar refractivity (Wildman–Crippen MR) is 65.8 cm³/mol. The fraction of sp³-hybridized carbons (Fsp3) is 0.692. The third-order valence-corrected chi connectivity index (χ3v) is 3.72. The molecule has 0 aromatic carbocycles. The number of aromatic nitrogens is 2. The molecule has 2 aliphatic carbocycles. The van der Waals surface area contributed by atoms with Crippen LogP contribution in [0.25, 0.3) is 0 Å². The summed E-state index contributed by atoms with van der Waals surface area (Å²) < 4.78 is 1.88. The molecule has 1 aromatic rings. The summed E-state index contributed by atoms with van der Waals surface area (Å²) >= 11 is 0. The number of aryl methyl sites for hydroxylation is 2. The SMILES string of the molecule is Cc1nn(C)c(N(CC2CC2)C2CC2)c1C#N. The van der Waals surface area contributed by atoms with Crippen molar-refractivity contribution in [3.63, 3.8) is 0 Å². The first kappa shape index (κ1) is 10.6. The molecule has 0 aliphatic heterocycles. The van der Waals surface area contributed by atoms with Crippen LogP contribution in [0.3, 0.4) is 0 Å². The van der Waals surface area contributed by atoms with Gasteiger partial charge in [0, 0.05) is 19.6 Å². The zero-order valence-corrected chi connectivity index (χ0v) is 10.5. The molecular formula is C13H18N4. The molecule has 1 heterocycles.